The summed E-state index contributed by atoms with van der Waals surface area (Å²) in [6.07, 6.45) is 2.66. The van der Waals surface area contributed by atoms with E-state index in [9.17, 15) is 0 Å². The summed E-state index contributed by atoms with van der Waals surface area (Å²) in [6, 6.07) is 5.30. The average molecular weight is 276 g/mol. The van der Waals surface area contributed by atoms with Crippen molar-refractivity contribution in [2.45, 2.75) is 25.9 Å². The van der Waals surface area contributed by atoms with Crippen LogP contribution in [0.3, 0.4) is 0 Å². The van der Waals surface area contributed by atoms with E-state index in [4.69, 9.17) is 15.2 Å². The molecule has 108 valence electrons. The molecule has 2 N–H and O–H groups in total. The van der Waals surface area contributed by atoms with Gasteiger partial charge in [0.05, 0.1) is 32.2 Å². The monoisotopic (exact) mass is 276 g/mol. The van der Waals surface area contributed by atoms with Crippen molar-refractivity contribution in [3.05, 3.63) is 35.7 Å². The zero-order valence-corrected chi connectivity index (χ0v) is 12.0. The molecule has 0 aliphatic rings. The van der Waals surface area contributed by atoms with Crippen molar-refractivity contribution in [3.63, 3.8) is 0 Å². The van der Waals surface area contributed by atoms with Crippen LogP contribution in [0.1, 0.15) is 30.6 Å². The second-order valence-corrected chi connectivity index (χ2v) is 4.44. The molecule has 6 heteroatoms. The van der Waals surface area contributed by atoms with E-state index in [2.05, 4.69) is 17.2 Å². The van der Waals surface area contributed by atoms with Gasteiger partial charge in [-0.3, -0.25) is 0 Å². The number of hydrogen-bond donors (Lipinski definition) is 1. The minimum absolute atomic E-state index is 0.360. The Bertz CT molecular complexity index is 568. The molecular weight excluding hydrogens is 256 g/mol. The fourth-order valence-corrected chi connectivity index (χ4v) is 2.21. The minimum atomic E-state index is -0.360. The number of para-hydroxylation sites is 1. The molecule has 6 nitrogen and oxygen atoms in total. The number of nitrogens with two attached hydrogens (primary N) is 1. The number of hydrogen-bond acceptors (Lipinski definition) is 5. The van der Waals surface area contributed by atoms with Crippen molar-refractivity contribution < 1.29 is 9.47 Å². The van der Waals surface area contributed by atoms with E-state index in [1.165, 1.54) is 0 Å². The Hall–Kier alpha value is -2.08. The normalized spacial score (nSPS) is 12.2. The predicted molar refractivity (Wildman–Crippen MR) is 75.9 cm³/mol. The third kappa shape index (κ3) is 2.60. The molecule has 0 saturated heterocycles. The summed E-state index contributed by atoms with van der Waals surface area (Å²) in [7, 11) is 3.21. The highest BCUT2D eigenvalue weighted by Crippen LogP contribution is 2.35. The van der Waals surface area contributed by atoms with Crippen LogP contribution in [0.25, 0.3) is 0 Å². The van der Waals surface area contributed by atoms with Crippen molar-refractivity contribution in [1.29, 1.82) is 0 Å². The van der Waals surface area contributed by atoms with Gasteiger partial charge in [-0.05, 0) is 12.5 Å². The van der Waals surface area contributed by atoms with Crippen LogP contribution in [-0.2, 0) is 6.54 Å². The molecule has 2 aromatic rings. The molecule has 1 atom stereocenters. The fourth-order valence-electron chi connectivity index (χ4n) is 2.21. The summed E-state index contributed by atoms with van der Waals surface area (Å²) >= 11 is 0. The van der Waals surface area contributed by atoms with Crippen molar-refractivity contribution in [2.24, 2.45) is 5.73 Å². The van der Waals surface area contributed by atoms with E-state index in [1.807, 2.05) is 22.9 Å². The Kier molecular flexibility index (Phi) is 4.57. The maximum Gasteiger partial charge on any atom is 0.165 e. The Morgan fingerprint density at radius 1 is 1.30 bits per heavy atom. The van der Waals surface area contributed by atoms with Crippen LogP contribution < -0.4 is 15.2 Å². The van der Waals surface area contributed by atoms with Gasteiger partial charge in [0.2, 0.25) is 0 Å². The third-order valence-corrected chi connectivity index (χ3v) is 3.17. The van der Waals surface area contributed by atoms with Crippen LogP contribution >= 0.6 is 0 Å². The quantitative estimate of drug-likeness (QED) is 0.870. The summed E-state index contributed by atoms with van der Waals surface area (Å²) in [5.74, 6) is 1.31. The van der Waals surface area contributed by atoms with Gasteiger partial charge >= 0.3 is 0 Å². The van der Waals surface area contributed by atoms with Crippen LogP contribution in [-0.4, -0.2) is 29.2 Å². The van der Waals surface area contributed by atoms with Crippen molar-refractivity contribution in [3.8, 4) is 11.5 Å². The summed E-state index contributed by atoms with van der Waals surface area (Å²) in [5, 5.41) is 8.01. The highest BCUT2D eigenvalue weighted by Gasteiger charge is 2.20. The Morgan fingerprint density at radius 2 is 2.10 bits per heavy atom. The van der Waals surface area contributed by atoms with Crippen LogP contribution in [0.5, 0.6) is 11.5 Å². The number of methoxy groups -OCH3 is 2. The summed E-state index contributed by atoms with van der Waals surface area (Å²) in [6.45, 7) is 2.87. The van der Waals surface area contributed by atoms with Gasteiger partial charge in [-0.25, -0.2) is 4.68 Å². The van der Waals surface area contributed by atoms with Gasteiger partial charge < -0.3 is 15.2 Å². The van der Waals surface area contributed by atoms with Gasteiger partial charge in [0.25, 0.3) is 0 Å². The first kappa shape index (κ1) is 14.3. The lowest BCUT2D eigenvalue weighted by Gasteiger charge is -2.18. The van der Waals surface area contributed by atoms with E-state index >= 15 is 0 Å². The molecule has 0 fully saturated rings. The number of aryl methyl sites for hydroxylation is 1. The summed E-state index contributed by atoms with van der Waals surface area (Å²) in [5.41, 5.74) is 8.07. The number of rotatable bonds is 6. The SMILES string of the molecule is CCCn1nncc1C(N)c1cccc(OC)c1OC. The van der Waals surface area contributed by atoms with Gasteiger partial charge in [0.15, 0.2) is 11.5 Å². The van der Waals surface area contributed by atoms with Gasteiger partial charge in [0, 0.05) is 12.1 Å². The molecule has 1 unspecified atom stereocenters. The second-order valence-electron chi connectivity index (χ2n) is 4.44. The molecule has 2 rings (SSSR count). The number of ether oxygens (including phenoxy) is 2. The standard InChI is InChI=1S/C14H20N4O2/c1-4-8-18-11(9-16-17-18)13(15)10-6-5-7-12(19-2)14(10)20-3/h5-7,9,13H,4,8,15H2,1-3H3. The Morgan fingerprint density at radius 3 is 2.75 bits per heavy atom. The maximum absolute atomic E-state index is 6.36. The fraction of sp³-hybridized carbons (Fsp3) is 0.429. The molecule has 0 radical (unpaired) electrons. The smallest absolute Gasteiger partial charge is 0.165 e. The lowest BCUT2D eigenvalue weighted by atomic mass is 10.0. The highest BCUT2D eigenvalue weighted by molar-refractivity contribution is 5.49. The van der Waals surface area contributed by atoms with Crippen molar-refractivity contribution >= 4 is 0 Å². The molecule has 1 heterocycles. The highest BCUT2D eigenvalue weighted by atomic mass is 16.5. The van der Waals surface area contributed by atoms with Gasteiger partial charge in [-0.2, -0.15) is 0 Å². The minimum Gasteiger partial charge on any atom is -0.493 e. The van der Waals surface area contributed by atoms with Crippen molar-refractivity contribution in [2.75, 3.05) is 14.2 Å². The van der Waals surface area contributed by atoms with Crippen molar-refractivity contribution in [1.82, 2.24) is 15.0 Å². The zero-order chi connectivity index (χ0) is 14.5. The van der Waals surface area contributed by atoms with Gasteiger partial charge in [-0.1, -0.05) is 24.3 Å². The first-order chi connectivity index (χ1) is 9.72. The summed E-state index contributed by atoms with van der Waals surface area (Å²) in [4.78, 5) is 0. The first-order valence-corrected chi connectivity index (χ1v) is 6.57. The molecule has 0 spiro atoms. The number of nitrogens with zero attached hydrogens (tertiary/aromatic N) is 3. The molecule has 20 heavy (non-hydrogen) atoms. The predicted octanol–water partition coefficient (Wildman–Crippen LogP) is 1.75. The van der Waals surface area contributed by atoms with E-state index in [0.29, 0.717) is 11.5 Å². The Labute approximate surface area is 118 Å². The molecule has 0 saturated carbocycles. The lowest BCUT2D eigenvalue weighted by Crippen LogP contribution is -2.18. The molecule has 0 bridgehead atoms. The molecule has 0 aliphatic heterocycles. The Balaban J connectivity index is 2.42. The van der Waals surface area contributed by atoms with Gasteiger partial charge in [-0.15, -0.1) is 5.10 Å². The van der Waals surface area contributed by atoms with Crippen LogP contribution in [0.4, 0.5) is 0 Å². The third-order valence-electron chi connectivity index (χ3n) is 3.17. The molecule has 1 aromatic heterocycles. The van der Waals surface area contributed by atoms with E-state index in [1.54, 1.807) is 20.4 Å². The number of benzene rings is 1. The van der Waals surface area contributed by atoms with E-state index < -0.39 is 0 Å². The molecular formula is C14H20N4O2. The molecule has 1 aromatic carbocycles. The summed E-state index contributed by atoms with van der Waals surface area (Å²) < 4.78 is 12.6. The van der Waals surface area contributed by atoms with E-state index in [-0.39, 0.29) is 6.04 Å². The van der Waals surface area contributed by atoms with Crippen LogP contribution in [0.2, 0.25) is 0 Å². The van der Waals surface area contributed by atoms with E-state index in [0.717, 1.165) is 24.2 Å². The number of aromatic nitrogens is 3. The molecule has 0 amide bonds. The van der Waals surface area contributed by atoms with Crippen LogP contribution in [0, 0.1) is 0 Å². The maximum atomic E-state index is 6.36. The topological polar surface area (TPSA) is 75.2 Å². The lowest BCUT2D eigenvalue weighted by molar-refractivity contribution is 0.350. The first-order valence-electron chi connectivity index (χ1n) is 6.57. The second kappa shape index (κ2) is 6.38. The molecule has 0 aliphatic carbocycles. The van der Waals surface area contributed by atoms with Gasteiger partial charge in [0.1, 0.15) is 0 Å². The zero-order valence-electron chi connectivity index (χ0n) is 12.0. The van der Waals surface area contributed by atoms with Crippen LogP contribution in [0.15, 0.2) is 24.4 Å². The largest absolute Gasteiger partial charge is 0.493 e. The average Bonchev–Trinajstić information content (AvgIpc) is 2.94.